The lowest BCUT2D eigenvalue weighted by atomic mass is 10.1. The van der Waals surface area contributed by atoms with Crippen molar-refractivity contribution in [1.29, 1.82) is 0 Å². The van der Waals surface area contributed by atoms with E-state index in [1.807, 2.05) is 66.3 Å². The summed E-state index contributed by atoms with van der Waals surface area (Å²) in [5.74, 6) is 2.00. The summed E-state index contributed by atoms with van der Waals surface area (Å²) in [4.78, 5) is 20.7. The largest absolute Gasteiger partial charge is 0.497 e. The molecule has 1 amide bonds. The number of amides is 1. The Morgan fingerprint density at radius 3 is 2.45 bits per heavy atom. The number of fused-ring (bicyclic) bond motifs is 1. The third-order valence-corrected chi connectivity index (χ3v) is 4.92. The Hall–Kier alpha value is -3.74. The van der Waals surface area contributed by atoms with E-state index in [-0.39, 0.29) is 5.91 Å². The van der Waals surface area contributed by atoms with Gasteiger partial charge in [-0.15, -0.1) is 0 Å². The van der Waals surface area contributed by atoms with Gasteiger partial charge in [0, 0.05) is 36.4 Å². The second-order valence-corrected chi connectivity index (χ2v) is 6.71. The molecule has 29 heavy (non-hydrogen) atoms. The van der Waals surface area contributed by atoms with Crippen molar-refractivity contribution >= 4 is 16.8 Å². The molecule has 2 aromatic carbocycles. The number of methoxy groups -OCH3 is 2. The van der Waals surface area contributed by atoms with Crippen LogP contribution in [0.1, 0.15) is 27.9 Å². The highest BCUT2D eigenvalue weighted by Crippen LogP contribution is 2.25. The van der Waals surface area contributed by atoms with Gasteiger partial charge in [-0.2, -0.15) is 0 Å². The second-order valence-electron chi connectivity index (χ2n) is 6.71. The molecule has 0 aliphatic carbocycles. The van der Waals surface area contributed by atoms with Crippen LogP contribution in [0.15, 0.2) is 60.9 Å². The Morgan fingerprint density at radius 1 is 1.07 bits per heavy atom. The normalized spacial score (nSPS) is 12.0. The van der Waals surface area contributed by atoms with Crippen LogP contribution in [-0.2, 0) is 7.05 Å². The Morgan fingerprint density at radius 2 is 1.79 bits per heavy atom. The third kappa shape index (κ3) is 3.67. The molecule has 0 aliphatic heterocycles. The van der Waals surface area contributed by atoms with Crippen molar-refractivity contribution in [3.05, 3.63) is 78.0 Å². The van der Waals surface area contributed by atoms with Crippen LogP contribution in [0.4, 0.5) is 0 Å². The number of nitrogens with one attached hydrogen (secondary N) is 2. The Bertz CT molecular complexity index is 1140. The van der Waals surface area contributed by atoms with Gasteiger partial charge in [-0.25, -0.2) is 4.98 Å². The molecule has 2 heterocycles. The van der Waals surface area contributed by atoms with Crippen molar-refractivity contribution in [1.82, 2.24) is 19.9 Å². The monoisotopic (exact) mass is 390 g/mol. The summed E-state index contributed by atoms with van der Waals surface area (Å²) in [6.45, 7) is 0. The zero-order valence-corrected chi connectivity index (χ0v) is 16.5. The van der Waals surface area contributed by atoms with Gasteiger partial charge in [-0.1, -0.05) is 12.1 Å². The van der Waals surface area contributed by atoms with E-state index in [1.54, 1.807) is 20.4 Å². The van der Waals surface area contributed by atoms with Crippen LogP contribution in [0.2, 0.25) is 0 Å². The minimum absolute atomic E-state index is 0.219. The second kappa shape index (κ2) is 7.71. The Labute approximate surface area is 168 Å². The molecule has 0 saturated carbocycles. The molecular weight excluding hydrogens is 368 g/mol. The summed E-state index contributed by atoms with van der Waals surface area (Å²) < 4.78 is 12.4. The fourth-order valence-corrected chi connectivity index (χ4v) is 3.31. The van der Waals surface area contributed by atoms with Crippen molar-refractivity contribution < 1.29 is 14.3 Å². The number of aryl methyl sites for hydroxylation is 1. The standard InChI is InChI=1S/C22H22N4O3/c1-26-11-10-23-21(26)20(14-4-7-16(28-2)8-5-14)25-22(27)19-12-15-6-9-17(29-3)13-18(15)24-19/h4-13,20,24H,1-3H3,(H,25,27). The van der Waals surface area contributed by atoms with E-state index < -0.39 is 6.04 Å². The number of aromatic nitrogens is 3. The first-order valence-electron chi connectivity index (χ1n) is 9.18. The number of carbonyl (C=O) groups is 1. The van der Waals surface area contributed by atoms with Gasteiger partial charge in [0.25, 0.3) is 5.91 Å². The molecule has 0 spiro atoms. The fourth-order valence-electron chi connectivity index (χ4n) is 3.31. The molecule has 4 aromatic rings. The molecule has 0 fully saturated rings. The molecule has 0 radical (unpaired) electrons. The minimum atomic E-state index is -0.408. The Kier molecular flexibility index (Phi) is 4.95. The lowest BCUT2D eigenvalue weighted by Gasteiger charge is -2.19. The number of ether oxygens (including phenoxy) is 2. The minimum Gasteiger partial charge on any atom is -0.497 e. The number of imidazole rings is 1. The van der Waals surface area contributed by atoms with Crippen molar-refractivity contribution in [3.63, 3.8) is 0 Å². The molecule has 0 aliphatic rings. The van der Waals surface area contributed by atoms with E-state index in [9.17, 15) is 4.79 Å². The number of H-pyrrole nitrogens is 1. The van der Waals surface area contributed by atoms with Crippen molar-refractivity contribution in [2.24, 2.45) is 7.05 Å². The molecule has 4 rings (SSSR count). The van der Waals surface area contributed by atoms with E-state index in [1.165, 1.54) is 0 Å². The summed E-state index contributed by atoms with van der Waals surface area (Å²) in [7, 11) is 5.14. The van der Waals surface area contributed by atoms with E-state index >= 15 is 0 Å². The molecule has 7 heteroatoms. The predicted molar refractivity (Wildman–Crippen MR) is 110 cm³/mol. The number of aromatic amines is 1. The first-order chi connectivity index (χ1) is 14.1. The van der Waals surface area contributed by atoms with E-state index in [0.29, 0.717) is 5.69 Å². The smallest absolute Gasteiger partial charge is 0.268 e. The summed E-state index contributed by atoms with van der Waals surface area (Å²) in [5, 5.41) is 4.03. The number of benzene rings is 2. The number of hydrogen-bond donors (Lipinski definition) is 2. The van der Waals surface area contributed by atoms with Crippen molar-refractivity contribution in [2.75, 3.05) is 14.2 Å². The first kappa shape index (κ1) is 18.6. The summed E-state index contributed by atoms with van der Waals surface area (Å²) in [6, 6.07) is 14.7. The quantitative estimate of drug-likeness (QED) is 0.528. The van der Waals surface area contributed by atoms with Gasteiger partial charge in [-0.3, -0.25) is 4.79 Å². The molecule has 7 nitrogen and oxygen atoms in total. The number of nitrogens with zero attached hydrogens (tertiary/aromatic N) is 2. The zero-order valence-electron chi connectivity index (χ0n) is 16.5. The van der Waals surface area contributed by atoms with Gasteiger partial charge in [-0.05, 0) is 35.9 Å². The molecule has 2 aromatic heterocycles. The number of rotatable bonds is 6. The summed E-state index contributed by atoms with van der Waals surface area (Å²) in [6.07, 6.45) is 3.57. The maximum Gasteiger partial charge on any atom is 0.268 e. The van der Waals surface area contributed by atoms with Crippen LogP contribution in [0.5, 0.6) is 11.5 Å². The van der Waals surface area contributed by atoms with E-state index in [0.717, 1.165) is 33.8 Å². The molecule has 0 saturated heterocycles. The number of carbonyl (C=O) groups excluding carboxylic acids is 1. The maximum absolute atomic E-state index is 13.0. The molecule has 148 valence electrons. The van der Waals surface area contributed by atoms with Gasteiger partial charge in [0.1, 0.15) is 29.1 Å². The zero-order chi connectivity index (χ0) is 20.4. The highest BCUT2D eigenvalue weighted by atomic mass is 16.5. The van der Waals surface area contributed by atoms with Gasteiger partial charge in [0.05, 0.1) is 14.2 Å². The molecule has 0 bridgehead atoms. The van der Waals surface area contributed by atoms with Crippen LogP contribution in [-0.4, -0.2) is 34.7 Å². The van der Waals surface area contributed by atoms with Gasteiger partial charge in [0.15, 0.2) is 0 Å². The molecule has 1 unspecified atom stereocenters. The van der Waals surface area contributed by atoms with Crippen LogP contribution in [0.3, 0.4) is 0 Å². The SMILES string of the molecule is COc1ccc(C(NC(=O)c2cc3ccc(OC)cc3[nH]2)c2nccn2C)cc1. The van der Waals surface area contributed by atoms with Crippen LogP contribution < -0.4 is 14.8 Å². The summed E-state index contributed by atoms with van der Waals surface area (Å²) >= 11 is 0. The van der Waals surface area contributed by atoms with Crippen LogP contribution >= 0.6 is 0 Å². The average molecular weight is 390 g/mol. The topological polar surface area (TPSA) is 81.2 Å². The summed E-state index contributed by atoms with van der Waals surface area (Å²) in [5.41, 5.74) is 2.22. The average Bonchev–Trinajstić information content (AvgIpc) is 3.37. The van der Waals surface area contributed by atoms with Gasteiger partial charge < -0.3 is 24.3 Å². The number of hydrogen-bond acceptors (Lipinski definition) is 4. The lowest BCUT2D eigenvalue weighted by molar-refractivity contribution is 0.0937. The molecule has 2 N–H and O–H groups in total. The lowest BCUT2D eigenvalue weighted by Crippen LogP contribution is -2.31. The third-order valence-electron chi connectivity index (χ3n) is 4.92. The first-order valence-corrected chi connectivity index (χ1v) is 9.18. The van der Waals surface area contributed by atoms with E-state index in [4.69, 9.17) is 9.47 Å². The highest BCUT2D eigenvalue weighted by molar-refractivity contribution is 5.98. The molecular formula is C22H22N4O3. The van der Waals surface area contributed by atoms with Gasteiger partial charge >= 0.3 is 0 Å². The van der Waals surface area contributed by atoms with Gasteiger partial charge in [0.2, 0.25) is 0 Å². The predicted octanol–water partition coefficient (Wildman–Crippen LogP) is 3.44. The fraction of sp³-hybridized carbons (Fsp3) is 0.182. The van der Waals surface area contributed by atoms with Crippen LogP contribution in [0.25, 0.3) is 10.9 Å². The molecule has 1 atom stereocenters. The highest BCUT2D eigenvalue weighted by Gasteiger charge is 2.22. The van der Waals surface area contributed by atoms with Crippen LogP contribution in [0, 0.1) is 0 Å². The van der Waals surface area contributed by atoms with E-state index in [2.05, 4.69) is 15.3 Å². The maximum atomic E-state index is 13.0. The Balaban J connectivity index is 1.66. The van der Waals surface area contributed by atoms with Crippen molar-refractivity contribution in [3.8, 4) is 11.5 Å². The van der Waals surface area contributed by atoms with Crippen molar-refractivity contribution in [2.45, 2.75) is 6.04 Å².